The third-order valence-corrected chi connectivity index (χ3v) is 8.24. The first-order chi connectivity index (χ1) is 16.4. The Labute approximate surface area is 200 Å². The van der Waals surface area contributed by atoms with Gasteiger partial charge in [0.15, 0.2) is 11.5 Å². The maximum absolute atomic E-state index is 13.4. The lowest BCUT2D eigenvalue weighted by atomic mass is 9.98. The van der Waals surface area contributed by atoms with Gasteiger partial charge in [0, 0.05) is 44.7 Å². The summed E-state index contributed by atoms with van der Waals surface area (Å²) < 4.78 is 36.0. The summed E-state index contributed by atoms with van der Waals surface area (Å²) in [6.45, 7) is 6.93. The highest BCUT2D eigenvalue weighted by Gasteiger charge is 2.43. The van der Waals surface area contributed by atoms with Crippen molar-refractivity contribution in [2.24, 2.45) is 5.92 Å². The van der Waals surface area contributed by atoms with Crippen LogP contribution in [0.5, 0.6) is 11.5 Å². The SMILES string of the molecule is CC1CCN(C(C)c2ccc(-c3cnc4[nH]cc(-c5ccc6c(c5)OC(F)(F)O6)c4c3)s2)CC1. The molecule has 0 bridgehead atoms. The topological polar surface area (TPSA) is 50.4 Å². The Morgan fingerprint density at radius 2 is 1.88 bits per heavy atom. The largest absolute Gasteiger partial charge is 0.586 e. The minimum Gasteiger partial charge on any atom is -0.395 e. The number of benzene rings is 1. The Morgan fingerprint density at radius 3 is 2.71 bits per heavy atom. The molecule has 1 saturated heterocycles. The minimum atomic E-state index is -3.63. The zero-order valence-electron chi connectivity index (χ0n) is 19.0. The first kappa shape index (κ1) is 21.6. The van der Waals surface area contributed by atoms with Crippen LogP contribution in [0.4, 0.5) is 8.78 Å². The Morgan fingerprint density at radius 1 is 1.09 bits per heavy atom. The fourth-order valence-electron chi connectivity index (χ4n) is 4.82. The van der Waals surface area contributed by atoms with Crippen LogP contribution in [0.2, 0.25) is 0 Å². The number of halogens is 2. The van der Waals surface area contributed by atoms with Gasteiger partial charge >= 0.3 is 6.29 Å². The van der Waals surface area contributed by atoms with Crippen molar-refractivity contribution < 1.29 is 18.3 Å². The van der Waals surface area contributed by atoms with E-state index >= 15 is 0 Å². The molecule has 5 nitrogen and oxygen atoms in total. The van der Waals surface area contributed by atoms with Crippen molar-refractivity contribution in [3.05, 3.63) is 53.7 Å². The number of H-pyrrole nitrogens is 1. The number of thiophene rings is 1. The lowest BCUT2D eigenvalue weighted by Crippen LogP contribution is -2.34. The molecule has 0 radical (unpaired) electrons. The summed E-state index contributed by atoms with van der Waals surface area (Å²) in [4.78, 5) is 12.9. The second-order valence-corrected chi connectivity index (χ2v) is 10.4. The van der Waals surface area contributed by atoms with Crippen LogP contribution >= 0.6 is 11.3 Å². The van der Waals surface area contributed by atoms with Crippen LogP contribution < -0.4 is 9.47 Å². The zero-order chi connectivity index (χ0) is 23.4. The summed E-state index contributed by atoms with van der Waals surface area (Å²) in [6.07, 6.45) is 2.62. The summed E-state index contributed by atoms with van der Waals surface area (Å²) in [7, 11) is 0. The molecular weight excluding hydrogens is 456 g/mol. The molecule has 1 atom stereocenters. The highest BCUT2D eigenvalue weighted by atomic mass is 32.1. The molecule has 34 heavy (non-hydrogen) atoms. The molecule has 8 heteroatoms. The number of alkyl halides is 2. The molecular formula is C26H25F2N3O2S. The number of hydrogen-bond acceptors (Lipinski definition) is 5. The van der Waals surface area contributed by atoms with E-state index in [9.17, 15) is 8.78 Å². The molecule has 6 rings (SSSR count). The van der Waals surface area contributed by atoms with Gasteiger partial charge in [-0.2, -0.15) is 0 Å². The maximum atomic E-state index is 13.4. The van der Waals surface area contributed by atoms with Crippen molar-refractivity contribution in [2.75, 3.05) is 13.1 Å². The lowest BCUT2D eigenvalue weighted by molar-refractivity contribution is -0.286. The van der Waals surface area contributed by atoms with Gasteiger partial charge in [-0.15, -0.1) is 20.1 Å². The first-order valence-corrected chi connectivity index (χ1v) is 12.4. The molecule has 3 aromatic heterocycles. The van der Waals surface area contributed by atoms with Gasteiger partial charge in [-0.25, -0.2) is 4.98 Å². The average molecular weight is 482 g/mol. The van der Waals surface area contributed by atoms with Gasteiger partial charge in [0.1, 0.15) is 5.65 Å². The van der Waals surface area contributed by atoms with Crippen LogP contribution in [-0.2, 0) is 0 Å². The van der Waals surface area contributed by atoms with E-state index in [-0.39, 0.29) is 11.5 Å². The van der Waals surface area contributed by atoms with Crippen LogP contribution in [0.1, 0.15) is 37.6 Å². The Balaban J connectivity index is 1.30. The van der Waals surface area contributed by atoms with E-state index in [1.54, 1.807) is 23.5 Å². The summed E-state index contributed by atoms with van der Waals surface area (Å²) in [5.74, 6) is 0.887. The number of fused-ring (bicyclic) bond motifs is 2. The predicted octanol–water partition coefficient (Wildman–Crippen LogP) is 7.07. The van der Waals surface area contributed by atoms with E-state index in [0.717, 1.165) is 46.7 Å². The molecule has 2 aliphatic rings. The molecule has 1 N–H and O–H groups in total. The van der Waals surface area contributed by atoms with E-state index in [1.165, 1.54) is 28.7 Å². The van der Waals surface area contributed by atoms with Crippen LogP contribution in [-0.4, -0.2) is 34.3 Å². The average Bonchev–Trinajstić information content (AvgIpc) is 3.53. The number of likely N-dealkylation sites (tertiary alicyclic amines) is 1. The van der Waals surface area contributed by atoms with Crippen molar-refractivity contribution in [1.29, 1.82) is 0 Å². The number of piperidine rings is 1. The molecule has 0 amide bonds. The summed E-state index contributed by atoms with van der Waals surface area (Å²) >= 11 is 1.81. The monoisotopic (exact) mass is 481 g/mol. The summed E-state index contributed by atoms with van der Waals surface area (Å²) in [5.41, 5.74) is 3.41. The number of rotatable bonds is 4. The normalized spacial score (nSPS) is 19.1. The molecule has 2 aliphatic heterocycles. The molecule has 0 saturated carbocycles. The predicted molar refractivity (Wildman–Crippen MR) is 129 cm³/mol. The molecule has 176 valence electrons. The highest BCUT2D eigenvalue weighted by Crippen LogP contribution is 2.44. The maximum Gasteiger partial charge on any atom is 0.586 e. The van der Waals surface area contributed by atoms with E-state index in [1.807, 2.05) is 12.4 Å². The second-order valence-electron chi connectivity index (χ2n) is 9.25. The number of pyridine rings is 1. The molecule has 5 heterocycles. The Kier molecular flexibility index (Phi) is 5.11. The van der Waals surface area contributed by atoms with Gasteiger partial charge in [-0.05, 0) is 74.7 Å². The highest BCUT2D eigenvalue weighted by molar-refractivity contribution is 7.15. The summed E-state index contributed by atoms with van der Waals surface area (Å²) in [6, 6.07) is 11.7. The molecule has 0 spiro atoms. The minimum absolute atomic E-state index is 0.0324. The van der Waals surface area contributed by atoms with Crippen molar-refractivity contribution in [1.82, 2.24) is 14.9 Å². The molecule has 1 unspecified atom stereocenters. The number of aromatic nitrogens is 2. The van der Waals surface area contributed by atoms with Gasteiger partial charge in [-0.1, -0.05) is 13.0 Å². The number of hydrogen-bond donors (Lipinski definition) is 1. The van der Waals surface area contributed by atoms with E-state index < -0.39 is 6.29 Å². The number of ether oxygens (including phenoxy) is 2. The Bertz CT molecular complexity index is 1360. The zero-order valence-corrected chi connectivity index (χ0v) is 19.8. The van der Waals surface area contributed by atoms with E-state index in [0.29, 0.717) is 6.04 Å². The van der Waals surface area contributed by atoms with Crippen molar-refractivity contribution in [2.45, 2.75) is 39.0 Å². The van der Waals surface area contributed by atoms with Gasteiger partial charge < -0.3 is 14.5 Å². The molecule has 1 aromatic carbocycles. The molecule has 0 aliphatic carbocycles. The first-order valence-electron chi connectivity index (χ1n) is 11.6. The number of aromatic amines is 1. The van der Waals surface area contributed by atoms with E-state index in [2.05, 4.69) is 56.4 Å². The number of nitrogens with zero attached hydrogens (tertiary/aromatic N) is 2. The van der Waals surface area contributed by atoms with Crippen molar-refractivity contribution >= 4 is 22.4 Å². The van der Waals surface area contributed by atoms with Crippen molar-refractivity contribution in [3.63, 3.8) is 0 Å². The lowest BCUT2D eigenvalue weighted by Gasteiger charge is -2.34. The third kappa shape index (κ3) is 3.84. The van der Waals surface area contributed by atoms with E-state index in [4.69, 9.17) is 0 Å². The Hall–Kier alpha value is -2.97. The van der Waals surface area contributed by atoms with Crippen LogP contribution in [0.15, 0.2) is 48.8 Å². The fourth-order valence-corrected chi connectivity index (χ4v) is 5.90. The third-order valence-electron chi connectivity index (χ3n) is 6.93. The smallest absolute Gasteiger partial charge is 0.395 e. The van der Waals surface area contributed by atoms with Crippen LogP contribution in [0.3, 0.4) is 0 Å². The molecule has 4 aromatic rings. The second kappa shape index (κ2) is 8.06. The van der Waals surface area contributed by atoms with Gasteiger partial charge in [0.25, 0.3) is 0 Å². The van der Waals surface area contributed by atoms with Crippen molar-refractivity contribution in [3.8, 4) is 33.1 Å². The number of nitrogens with one attached hydrogen (secondary N) is 1. The summed E-state index contributed by atoms with van der Waals surface area (Å²) in [5, 5.41) is 0.927. The quantitative estimate of drug-likeness (QED) is 0.339. The van der Waals surface area contributed by atoms with Crippen LogP contribution in [0.25, 0.3) is 32.6 Å². The fraction of sp³-hybridized carbons (Fsp3) is 0.346. The van der Waals surface area contributed by atoms with Crippen LogP contribution in [0, 0.1) is 5.92 Å². The standard InChI is InChI=1S/C26H25F2N3O2S/c1-15-7-9-31(10-8-15)16(2)23-5-6-24(34-23)18-11-19-20(14-30-25(19)29-13-18)17-3-4-21-22(12-17)33-26(27,28)32-21/h3-6,11-16H,7-10H2,1-2H3,(H,29,30). The van der Waals surface area contributed by atoms with Gasteiger partial charge in [-0.3, -0.25) is 4.90 Å². The molecule has 1 fully saturated rings. The van der Waals surface area contributed by atoms with Gasteiger partial charge in [0.2, 0.25) is 0 Å². The van der Waals surface area contributed by atoms with Gasteiger partial charge in [0.05, 0.1) is 0 Å².